The molecule has 2 saturated carbocycles. The van der Waals surface area contributed by atoms with E-state index in [-0.39, 0.29) is 6.10 Å². The first kappa shape index (κ1) is 21.0. The molecule has 0 aromatic heterocycles. The predicted octanol–water partition coefficient (Wildman–Crippen LogP) is 7.53. The fourth-order valence-electron chi connectivity index (χ4n) is 8.46. The van der Waals surface area contributed by atoms with Gasteiger partial charge in [0.05, 0.1) is 6.10 Å². The van der Waals surface area contributed by atoms with Crippen molar-refractivity contribution in [3.8, 4) is 0 Å². The van der Waals surface area contributed by atoms with Gasteiger partial charge in [0, 0.05) is 0 Å². The molecule has 1 N–H and O–H groups in total. The van der Waals surface area contributed by atoms with E-state index in [0.717, 1.165) is 42.4 Å². The van der Waals surface area contributed by atoms with Crippen LogP contribution in [0.4, 0.5) is 0 Å². The van der Waals surface area contributed by atoms with Gasteiger partial charge >= 0.3 is 0 Å². The average molecular weight is 387 g/mol. The Bertz CT molecular complexity index is 603. The zero-order valence-electron chi connectivity index (χ0n) is 19.4. The van der Waals surface area contributed by atoms with Gasteiger partial charge in [-0.1, -0.05) is 65.0 Å². The van der Waals surface area contributed by atoms with Gasteiger partial charge < -0.3 is 5.11 Å². The summed E-state index contributed by atoms with van der Waals surface area (Å²) >= 11 is 0. The highest BCUT2D eigenvalue weighted by atomic mass is 16.3. The van der Waals surface area contributed by atoms with Gasteiger partial charge in [-0.2, -0.15) is 0 Å². The fourth-order valence-corrected chi connectivity index (χ4v) is 8.46. The van der Waals surface area contributed by atoms with Crippen molar-refractivity contribution in [2.45, 2.75) is 118 Å². The first-order valence-corrected chi connectivity index (χ1v) is 12.7. The highest BCUT2D eigenvalue weighted by Gasteiger charge is 2.55. The highest BCUT2D eigenvalue weighted by Crippen LogP contribution is 2.66. The van der Waals surface area contributed by atoms with Crippen LogP contribution in [0.5, 0.6) is 0 Å². The van der Waals surface area contributed by atoms with Crippen LogP contribution >= 0.6 is 0 Å². The quantitative estimate of drug-likeness (QED) is 0.484. The molecule has 0 spiro atoms. The molecule has 0 aliphatic heterocycles. The number of fused-ring (bicyclic) bond motifs is 4. The summed E-state index contributed by atoms with van der Waals surface area (Å²) in [6, 6.07) is 0. The van der Waals surface area contributed by atoms with E-state index in [1.54, 1.807) is 0 Å². The molecule has 0 saturated heterocycles. The Kier molecular flexibility index (Phi) is 5.80. The smallest absolute Gasteiger partial charge is 0.0543 e. The van der Waals surface area contributed by atoms with E-state index in [4.69, 9.17) is 0 Å². The van der Waals surface area contributed by atoms with Crippen LogP contribution in [-0.2, 0) is 0 Å². The minimum Gasteiger partial charge on any atom is -0.393 e. The molecule has 4 rings (SSSR count). The normalized spacial score (nSPS) is 44.2. The Morgan fingerprint density at radius 3 is 2.50 bits per heavy atom. The van der Waals surface area contributed by atoms with Gasteiger partial charge in [0.2, 0.25) is 0 Å². The number of rotatable bonds is 5. The van der Waals surface area contributed by atoms with E-state index in [1.807, 2.05) is 11.1 Å². The lowest BCUT2D eigenvalue weighted by molar-refractivity contribution is 0.0132. The first-order chi connectivity index (χ1) is 13.3. The van der Waals surface area contributed by atoms with Crippen molar-refractivity contribution in [3.63, 3.8) is 0 Å². The van der Waals surface area contributed by atoms with Crippen molar-refractivity contribution in [3.05, 3.63) is 11.1 Å². The topological polar surface area (TPSA) is 20.2 Å². The molecule has 0 radical (unpaired) electrons. The fraction of sp³-hybridized carbons (Fsp3) is 0.926. The summed E-state index contributed by atoms with van der Waals surface area (Å²) in [7, 11) is 0. The lowest BCUT2D eigenvalue weighted by Crippen LogP contribution is -2.45. The maximum Gasteiger partial charge on any atom is 0.0543 e. The Morgan fingerprint density at radius 1 is 0.964 bits per heavy atom. The zero-order valence-corrected chi connectivity index (χ0v) is 19.4. The Morgan fingerprint density at radius 2 is 1.75 bits per heavy atom. The molecule has 7 atom stereocenters. The van der Waals surface area contributed by atoms with Crippen molar-refractivity contribution in [1.82, 2.24) is 0 Å². The number of aliphatic hydroxyl groups is 1. The van der Waals surface area contributed by atoms with Crippen LogP contribution in [0.3, 0.4) is 0 Å². The minimum atomic E-state index is -0.0309. The van der Waals surface area contributed by atoms with Crippen LogP contribution in [0, 0.1) is 40.4 Å². The number of hydrogen-bond acceptors (Lipinski definition) is 1. The third kappa shape index (κ3) is 3.42. The number of allylic oxidation sites excluding steroid dienone is 2. The molecule has 0 bridgehead atoms. The monoisotopic (exact) mass is 386 g/mol. The van der Waals surface area contributed by atoms with Gasteiger partial charge in [0.15, 0.2) is 0 Å². The van der Waals surface area contributed by atoms with Crippen molar-refractivity contribution in [1.29, 1.82) is 0 Å². The summed E-state index contributed by atoms with van der Waals surface area (Å²) < 4.78 is 0. The summed E-state index contributed by atoms with van der Waals surface area (Å²) in [4.78, 5) is 0. The zero-order chi connectivity index (χ0) is 20.1. The molecule has 0 aromatic rings. The summed E-state index contributed by atoms with van der Waals surface area (Å²) in [6.07, 6.45) is 16.0. The van der Waals surface area contributed by atoms with Crippen LogP contribution in [0.2, 0.25) is 0 Å². The molecule has 1 heteroatoms. The van der Waals surface area contributed by atoms with E-state index in [0.29, 0.717) is 10.8 Å². The predicted molar refractivity (Wildman–Crippen MR) is 119 cm³/mol. The highest BCUT2D eigenvalue weighted by molar-refractivity contribution is 5.34. The van der Waals surface area contributed by atoms with E-state index in [9.17, 15) is 5.11 Å². The maximum absolute atomic E-state index is 10.2. The summed E-state index contributed by atoms with van der Waals surface area (Å²) in [5, 5.41) is 10.2. The van der Waals surface area contributed by atoms with Crippen LogP contribution < -0.4 is 0 Å². The van der Waals surface area contributed by atoms with E-state index < -0.39 is 0 Å². The molecule has 4 aliphatic carbocycles. The minimum absolute atomic E-state index is 0.0309. The number of aliphatic hydroxyl groups excluding tert-OH is 1. The van der Waals surface area contributed by atoms with Gasteiger partial charge in [0.25, 0.3) is 0 Å². The Hall–Kier alpha value is -0.300. The van der Waals surface area contributed by atoms with Crippen molar-refractivity contribution >= 4 is 0 Å². The summed E-state index contributed by atoms with van der Waals surface area (Å²) in [5.74, 6) is 4.31. The lowest BCUT2D eigenvalue weighted by Gasteiger charge is -2.55. The standard InChI is InChI=1S/C27H46O/c1-18(2)7-6-8-19(3)23-11-12-24-22-10-9-20-17-21(28)13-15-26(20,4)25(22)14-16-27(23,24)5/h18-21,23-24,28H,6-17H2,1-5H3/t19?,20-,21-,23+,24-,26-,27+/m0/s1. The van der Waals surface area contributed by atoms with E-state index in [1.165, 1.54) is 64.2 Å². The molecule has 1 nitrogen and oxygen atoms in total. The van der Waals surface area contributed by atoms with Gasteiger partial charge in [-0.05, 0) is 98.2 Å². The maximum atomic E-state index is 10.2. The van der Waals surface area contributed by atoms with Crippen LogP contribution in [-0.4, -0.2) is 11.2 Å². The average Bonchev–Trinajstić information content (AvgIpc) is 2.99. The molecule has 0 heterocycles. The second kappa shape index (κ2) is 7.75. The molecule has 0 amide bonds. The second-order valence-electron chi connectivity index (χ2n) is 12.1. The first-order valence-electron chi connectivity index (χ1n) is 12.7. The lowest BCUT2D eigenvalue weighted by atomic mass is 9.50. The van der Waals surface area contributed by atoms with Crippen molar-refractivity contribution < 1.29 is 5.11 Å². The summed E-state index contributed by atoms with van der Waals surface area (Å²) in [5.41, 5.74) is 4.77. The largest absolute Gasteiger partial charge is 0.393 e. The Labute approximate surface area is 174 Å². The third-order valence-electron chi connectivity index (χ3n) is 10.2. The SMILES string of the molecule is CC(C)CCCC(C)[C@H]1CC[C@H]2C3=C(CC[C@]12C)[C@@]1(C)CC[C@H](O)C[C@@H]1CC3. The van der Waals surface area contributed by atoms with E-state index in [2.05, 4.69) is 34.6 Å². The van der Waals surface area contributed by atoms with Gasteiger partial charge in [0.1, 0.15) is 0 Å². The number of hydrogen-bond donors (Lipinski definition) is 1. The van der Waals surface area contributed by atoms with Crippen LogP contribution in [0.1, 0.15) is 112 Å². The molecule has 4 aliphatic rings. The summed E-state index contributed by atoms with van der Waals surface area (Å²) in [6.45, 7) is 12.6. The molecule has 1 unspecified atom stereocenters. The van der Waals surface area contributed by atoms with E-state index >= 15 is 0 Å². The van der Waals surface area contributed by atoms with Gasteiger partial charge in [-0.25, -0.2) is 0 Å². The second-order valence-corrected chi connectivity index (χ2v) is 12.1. The molecule has 160 valence electrons. The molecule has 2 fully saturated rings. The molecule has 28 heavy (non-hydrogen) atoms. The third-order valence-corrected chi connectivity index (χ3v) is 10.2. The molecular weight excluding hydrogens is 340 g/mol. The Balaban J connectivity index is 1.52. The van der Waals surface area contributed by atoms with Crippen molar-refractivity contribution in [2.75, 3.05) is 0 Å². The van der Waals surface area contributed by atoms with Crippen molar-refractivity contribution in [2.24, 2.45) is 40.4 Å². The van der Waals surface area contributed by atoms with Gasteiger partial charge in [-0.3, -0.25) is 0 Å². The molecular formula is C27H46O. The van der Waals surface area contributed by atoms with Crippen LogP contribution in [0.25, 0.3) is 0 Å². The van der Waals surface area contributed by atoms with Crippen LogP contribution in [0.15, 0.2) is 11.1 Å². The van der Waals surface area contributed by atoms with Gasteiger partial charge in [-0.15, -0.1) is 0 Å². The molecule has 0 aromatic carbocycles.